The van der Waals surface area contributed by atoms with E-state index in [1.165, 1.54) is 12.1 Å². The first-order chi connectivity index (χ1) is 7.74. The molecule has 5 heteroatoms. The molecule has 1 aromatic carbocycles. The molecule has 3 N–H and O–H groups in total. The molecule has 0 aliphatic heterocycles. The molecule has 86 valence electrons. The zero-order valence-electron chi connectivity index (χ0n) is 8.87. The monoisotopic (exact) mass is 240 g/mol. The fourth-order valence-electron chi connectivity index (χ4n) is 1.59. The molecule has 1 heterocycles. The van der Waals surface area contributed by atoms with Crippen LogP contribution < -0.4 is 11.3 Å². The maximum Gasteiger partial charge on any atom is 0.134 e. The minimum atomic E-state index is -0.262. The van der Waals surface area contributed by atoms with Crippen molar-refractivity contribution in [3.8, 4) is 0 Å². The molecular weight excluding hydrogens is 227 g/mol. The van der Waals surface area contributed by atoms with Crippen LogP contribution in [-0.4, -0.2) is 12.0 Å². The number of thioether (sulfide) groups is 1. The van der Waals surface area contributed by atoms with Crippen LogP contribution in [0.2, 0.25) is 0 Å². The van der Waals surface area contributed by atoms with Gasteiger partial charge in [-0.15, -0.1) is 0 Å². The summed E-state index contributed by atoms with van der Waals surface area (Å²) in [6.45, 7) is 0. The average Bonchev–Trinajstić information content (AvgIpc) is 2.68. The van der Waals surface area contributed by atoms with Gasteiger partial charge < -0.3 is 4.42 Å². The van der Waals surface area contributed by atoms with Gasteiger partial charge in [0.2, 0.25) is 0 Å². The van der Waals surface area contributed by atoms with Crippen molar-refractivity contribution in [3.63, 3.8) is 0 Å². The van der Waals surface area contributed by atoms with Gasteiger partial charge in [0.15, 0.2) is 0 Å². The number of hydrogen-bond acceptors (Lipinski definition) is 4. The molecule has 2 rings (SSSR count). The Morgan fingerprint density at radius 3 is 3.00 bits per heavy atom. The summed E-state index contributed by atoms with van der Waals surface area (Å²) in [7, 11) is 0. The number of nitrogens with two attached hydrogens (primary N) is 1. The lowest BCUT2D eigenvalue weighted by Gasteiger charge is -2.10. The Labute approximate surface area is 97.2 Å². The lowest BCUT2D eigenvalue weighted by molar-refractivity contribution is 0.464. The minimum absolute atomic E-state index is 0.0505. The van der Waals surface area contributed by atoms with Crippen LogP contribution in [0.5, 0.6) is 0 Å². The fourth-order valence-corrected chi connectivity index (χ4v) is 2.18. The van der Waals surface area contributed by atoms with Gasteiger partial charge in [-0.3, -0.25) is 5.84 Å². The van der Waals surface area contributed by atoms with E-state index in [4.69, 9.17) is 10.3 Å². The number of hydrogen-bond donors (Lipinski definition) is 2. The molecule has 3 nitrogen and oxygen atoms in total. The maximum atomic E-state index is 13.0. The highest BCUT2D eigenvalue weighted by molar-refractivity contribution is 7.98. The summed E-state index contributed by atoms with van der Waals surface area (Å²) < 4.78 is 18.6. The van der Waals surface area contributed by atoms with E-state index in [1.807, 2.05) is 12.3 Å². The lowest BCUT2D eigenvalue weighted by Crippen LogP contribution is -2.29. The number of benzene rings is 1. The van der Waals surface area contributed by atoms with Crippen molar-refractivity contribution in [2.45, 2.75) is 6.04 Å². The third-order valence-corrected chi connectivity index (χ3v) is 3.04. The molecule has 0 saturated heterocycles. The summed E-state index contributed by atoms with van der Waals surface area (Å²) in [5.41, 5.74) is 3.36. The van der Waals surface area contributed by atoms with Crippen molar-refractivity contribution in [1.29, 1.82) is 0 Å². The molecule has 0 amide bonds. The van der Waals surface area contributed by atoms with Crippen molar-refractivity contribution >= 4 is 22.7 Å². The number of hydrazine groups is 1. The van der Waals surface area contributed by atoms with Crippen molar-refractivity contribution in [3.05, 3.63) is 35.8 Å². The van der Waals surface area contributed by atoms with E-state index in [-0.39, 0.29) is 11.9 Å². The van der Waals surface area contributed by atoms with Gasteiger partial charge in [0.25, 0.3) is 0 Å². The van der Waals surface area contributed by atoms with Gasteiger partial charge in [0.1, 0.15) is 17.2 Å². The summed E-state index contributed by atoms with van der Waals surface area (Å²) in [5, 5.41) is 0.761. The topological polar surface area (TPSA) is 51.2 Å². The summed E-state index contributed by atoms with van der Waals surface area (Å²) >= 11 is 1.67. The molecule has 0 aliphatic carbocycles. The van der Waals surface area contributed by atoms with Crippen molar-refractivity contribution in [2.75, 3.05) is 12.0 Å². The second-order valence-electron chi connectivity index (χ2n) is 3.51. The van der Waals surface area contributed by atoms with E-state index in [9.17, 15) is 4.39 Å². The van der Waals surface area contributed by atoms with Crippen molar-refractivity contribution in [1.82, 2.24) is 5.43 Å². The lowest BCUT2D eigenvalue weighted by atomic mass is 10.2. The van der Waals surface area contributed by atoms with E-state index in [0.717, 1.165) is 16.9 Å². The fraction of sp³-hybridized carbons (Fsp3) is 0.273. The van der Waals surface area contributed by atoms with Crippen LogP contribution in [0.4, 0.5) is 4.39 Å². The zero-order valence-corrected chi connectivity index (χ0v) is 9.68. The predicted molar refractivity (Wildman–Crippen MR) is 64.6 cm³/mol. The molecule has 16 heavy (non-hydrogen) atoms. The summed E-state index contributed by atoms with van der Waals surface area (Å²) in [4.78, 5) is 0. The molecule has 0 bridgehead atoms. The average molecular weight is 240 g/mol. The highest BCUT2D eigenvalue weighted by atomic mass is 32.2. The Morgan fingerprint density at radius 1 is 1.50 bits per heavy atom. The number of furan rings is 1. The maximum absolute atomic E-state index is 13.0. The Kier molecular flexibility index (Phi) is 3.48. The SMILES string of the molecule is CSCC(NN)c1cc2cc(F)ccc2o1. The second-order valence-corrected chi connectivity index (χ2v) is 4.42. The van der Waals surface area contributed by atoms with Gasteiger partial charge in [-0.05, 0) is 30.5 Å². The Bertz CT molecular complexity index is 486. The Balaban J connectivity index is 2.37. The first kappa shape index (κ1) is 11.4. The van der Waals surface area contributed by atoms with Crippen LogP contribution in [0.25, 0.3) is 11.0 Å². The number of halogens is 1. The summed E-state index contributed by atoms with van der Waals surface area (Å²) in [6.07, 6.45) is 1.99. The van der Waals surface area contributed by atoms with Gasteiger partial charge in [0, 0.05) is 11.1 Å². The smallest absolute Gasteiger partial charge is 0.134 e. The largest absolute Gasteiger partial charge is 0.459 e. The zero-order chi connectivity index (χ0) is 11.5. The third kappa shape index (κ3) is 2.21. The molecule has 0 spiro atoms. The molecule has 0 saturated carbocycles. The predicted octanol–water partition coefficient (Wildman–Crippen LogP) is 2.44. The van der Waals surface area contributed by atoms with Crippen LogP contribution in [0.1, 0.15) is 11.8 Å². The van der Waals surface area contributed by atoms with Crippen LogP contribution in [-0.2, 0) is 0 Å². The number of fused-ring (bicyclic) bond motifs is 1. The first-order valence-electron chi connectivity index (χ1n) is 4.88. The molecule has 0 radical (unpaired) electrons. The van der Waals surface area contributed by atoms with Crippen molar-refractivity contribution < 1.29 is 8.81 Å². The number of nitrogens with one attached hydrogen (secondary N) is 1. The quantitative estimate of drug-likeness (QED) is 0.636. The number of rotatable bonds is 4. The van der Waals surface area contributed by atoms with Gasteiger partial charge in [0.05, 0.1) is 6.04 Å². The Morgan fingerprint density at radius 2 is 2.31 bits per heavy atom. The van der Waals surface area contributed by atoms with Crippen molar-refractivity contribution in [2.24, 2.45) is 5.84 Å². The summed E-state index contributed by atoms with van der Waals surface area (Å²) in [6, 6.07) is 6.23. The van der Waals surface area contributed by atoms with Gasteiger partial charge in [-0.2, -0.15) is 11.8 Å². The molecule has 0 aliphatic rings. The molecule has 1 aromatic heterocycles. The van der Waals surface area contributed by atoms with E-state index in [1.54, 1.807) is 17.8 Å². The van der Waals surface area contributed by atoms with E-state index in [0.29, 0.717) is 5.58 Å². The standard InChI is InChI=1S/C11H13FN2OS/c1-16-6-9(14-13)11-5-7-4-8(12)2-3-10(7)15-11/h2-5,9,14H,6,13H2,1H3. The van der Waals surface area contributed by atoms with E-state index in [2.05, 4.69) is 5.43 Å². The molecule has 1 unspecified atom stereocenters. The van der Waals surface area contributed by atoms with Gasteiger partial charge in [-0.1, -0.05) is 0 Å². The highest BCUT2D eigenvalue weighted by Gasteiger charge is 2.14. The van der Waals surface area contributed by atoms with Crippen LogP contribution in [0, 0.1) is 5.82 Å². The molecule has 1 atom stereocenters. The van der Waals surface area contributed by atoms with Gasteiger partial charge >= 0.3 is 0 Å². The highest BCUT2D eigenvalue weighted by Crippen LogP contribution is 2.25. The van der Waals surface area contributed by atoms with Gasteiger partial charge in [-0.25, -0.2) is 9.82 Å². The molecule has 0 fully saturated rings. The molecular formula is C11H13FN2OS. The van der Waals surface area contributed by atoms with Crippen LogP contribution in [0.3, 0.4) is 0 Å². The third-order valence-electron chi connectivity index (χ3n) is 2.38. The van der Waals surface area contributed by atoms with Crippen LogP contribution >= 0.6 is 11.8 Å². The first-order valence-corrected chi connectivity index (χ1v) is 6.28. The minimum Gasteiger partial charge on any atom is -0.459 e. The van der Waals surface area contributed by atoms with E-state index >= 15 is 0 Å². The van der Waals surface area contributed by atoms with E-state index < -0.39 is 0 Å². The Hall–Kier alpha value is -1.04. The summed E-state index contributed by atoms with van der Waals surface area (Å²) in [5.74, 6) is 6.72. The van der Waals surface area contributed by atoms with Crippen LogP contribution in [0.15, 0.2) is 28.7 Å². The normalized spacial score (nSPS) is 13.2. The second kappa shape index (κ2) is 4.86. The molecule has 2 aromatic rings.